The number of carbonyl (C=O) groups is 1. The molecule has 2 N–H and O–H groups in total. The van der Waals surface area contributed by atoms with Crippen LogP contribution >= 0.6 is 0 Å². The average Bonchev–Trinajstić information content (AvgIpc) is 2.55. The summed E-state index contributed by atoms with van der Waals surface area (Å²) in [5.41, 5.74) is 0.587. The second-order valence-electron chi connectivity index (χ2n) is 5.15. The predicted octanol–water partition coefficient (Wildman–Crippen LogP) is 2.61. The molecular formula is C17H20FN3O2. The van der Waals surface area contributed by atoms with E-state index in [1.165, 1.54) is 24.3 Å². The van der Waals surface area contributed by atoms with Gasteiger partial charge in [-0.1, -0.05) is 0 Å². The van der Waals surface area contributed by atoms with E-state index in [0.29, 0.717) is 25.3 Å². The molecule has 5 nitrogen and oxygen atoms in total. The van der Waals surface area contributed by atoms with Gasteiger partial charge in [-0.25, -0.2) is 4.39 Å². The molecule has 2 aromatic rings. The van der Waals surface area contributed by atoms with Crippen LogP contribution in [0.5, 0.6) is 5.75 Å². The fraction of sp³-hybridized carbons (Fsp3) is 0.294. The van der Waals surface area contributed by atoms with E-state index in [1.54, 1.807) is 12.4 Å². The van der Waals surface area contributed by atoms with Gasteiger partial charge in [0, 0.05) is 30.9 Å². The van der Waals surface area contributed by atoms with Gasteiger partial charge in [-0.05, 0) is 43.3 Å². The summed E-state index contributed by atoms with van der Waals surface area (Å²) < 4.78 is 18.3. The normalized spacial score (nSPS) is 11.7. The molecule has 0 aliphatic heterocycles. The lowest BCUT2D eigenvalue weighted by molar-refractivity contribution is -0.116. The van der Waals surface area contributed by atoms with Crippen molar-refractivity contribution in [2.24, 2.45) is 0 Å². The summed E-state index contributed by atoms with van der Waals surface area (Å²) in [6.45, 7) is 3.05. The molecule has 6 heteroatoms. The van der Waals surface area contributed by atoms with Gasteiger partial charge in [-0.3, -0.25) is 9.78 Å². The van der Waals surface area contributed by atoms with Crippen molar-refractivity contribution >= 4 is 11.6 Å². The van der Waals surface area contributed by atoms with Gasteiger partial charge in [-0.2, -0.15) is 0 Å². The van der Waals surface area contributed by atoms with Gasteiger partial charge in [0.25, 0.3) is 0 Å². The minimum Gasteiger partial charge on any atom is -0.491 e. The van der Waals surface area contributed by atoms with Crippen molar-refractivity contribution in [3.63, 3.8) is 0 Å². The zero-order valence-electron chi connectivity index (χ0n) is 13.0. The highest BCUT2D eigenvalue weighted by molar-refractivity contribution is 5.91. The fourth-order valence-corrected chi connectivity index (χ4v) is 2.00. The number of rotatable bonds is 8. The van der Waals surface area contributed by atoms with Gasteiger partial charge in [0.1, 0.15) is 18.2 Å². The number of aromatic nitrogens is 1. The molecule has 122 valence electrons. The monoisotopic (exact) mass is 317 g/mol. The molecule has 0 spiro atoms. The SMILES string of the molecule is C[C@H](CC(=O)Nc1ccc(F)cc1)NCCOc1cccnc1. The second-order valence-corrected chi connectivity index (χ2v) is 5.15. The van der Waals surface area contributed by atoms with Crippen molar-refractivity contribution in [3.05, 3.63) is 54.6 Å². The van der Waals surface area contributed by atoms with Crippen LogP contribution in [-0.4, -0.2) is 30.1 Å². The Morgan fingerprint density at radius 1 is 1.30 bits per heavy atom. The Morgan fingerprint density at radius 2 is 2.09 bits per heavy atom. The van der Waals surface area contributed by atoms with Crippen LogP contribution in [-0.2, 0) is 4.79 Å². The van der Waals surface area contributed by atoms with Gasteiger partial charge in [-0.15, -0.1) is 0 Å². The Labute approximate surface area is 134 Å². The topological polar surface area (TPSA) is 63.2 Å². The number of anilines is 1. The van der Waals surface area contributed by atoms with Gasteiger partial charge < -0.3 is 15.4 Å². The van der Waals surface area contributed by atoms with E-state index in [-0.39, 0.29) is 17.8 Å². The number of nitrogens with one attached hydrogen (secondary N) is 2. The Balaban J connectivity index is 1.63. The first kappa shape index (κ1) is 16.9. The van der Waals surface area contributed by atoms with Gasteiger partial charge >= 0.3 is 0 Å². The first-order valence-corrected chi connectivity index (χ1v) is 7.45. The quantitative estimate of drug-likeness (QED) is 0.735. The molecule has 0 saturated carbocycles. The van der Waals surface area contributed by atoms with Gasteiger partial charge in [0.15, 0.2) is 0 Å². The number of amides is 1. The predicted molar refractivity (Wildman–Crippen MR) is 86.8 cm³/mol. The van der Waals surface area contributed by atoms with E-state index in [4.69, 9.17) is 4.74 Å². The van der Waals surface area contributed by atoms with E-state index in [1.807, 2.05) is 19.1 Å². The Kier molecular flexibility index (Phi) is 6.50. The van der Waals surface area contributed by atoms with Gasteiger partial charge in [0.2, 0.25) is 5.91 Å². The van der Waals surface area contributed by atoms with E-state index in [0.717, 1.165) is 5.75 Å². The number of carbonyl (C=O) groups excluding carboxylic acids is 1. The summed E-state index contributed by atoms with van der Waals surface area (Å²) >= 11 is 0. The van der Waals surface area contributed by atoms with E-state index in [2.05, 4.69) is 15.6 Å². The number of hydrogen-bond donors (Lipinski definition) is 2. The van der Waals surface area contributed by atoms with Crippen LogP contribution < -0.4 is 15.4 Å². The number of halogens is 1. The molecule has 2 rings (SSSR count). The third-order valence-corrected chi connectivity index (χ3v) is 3.12. The van der Waals surface area contributed by atoms with Crippen LogP contribution in [0.25, 0.3) is 0 Å². The van der Waals surface area contributed by atoms with Crippen molar-refractivity contribution in [2.45, 2.75) is 19.4 Å². The number of hydrogen-bond acceptors (Lipinski definition) is 4. The summed E-state index contributed by atoms with van der Waals surface area (Å²) in [6.07, 6.45) is 3.66. The highest BCUT2D eigenvalue weighted by atomic mass is 19.1. The van der Waals surface area contributed by atoms with E-state index >= 15 is 0 Å². The molecule has 0 fully saturated rings. The van der Waals surface area contributed by atoms with Crippen molar-refractivity contribution in [3.8, 4) is 5.75 Å². The maximum absolute atomic E-state index is 12.8. The molecule has 23 heavy (non-hydrogen) atoms. The number of ether oxygens (including phenoxy) is 1. The summed E-state index contributed by atoms with van der Waals surface area (Å²) in [5, 5.41) is 5.94. The second kappa shape index (κ2) is 8.85. The first-order valence-electron chi connectivity index (χ1n) is 7.45. The van der Waals surface area contributed by atoms with Crippen LogP contribution in [0.15, 0.2) is 48.8 Å². The Morgan fingerprint density at radius 3 is 2.78 bits per heavy atom. The van der Waals surface area contributed by atoms with Crippen molar-refractivity contribution in [1.29, 1.82) is 0 Å². The third-order valence-electron chi connectivity index (χ3n) is 3.12. The molecule has 0 radical (unpaired) electrons. The van der Waals surface area contributed by atoms with Crippen LogP contribution in [0, 0.1) is 5.82 Å². The molecule has 1 aromatic heterocycles. The van der Waals surface area contributed by atoms with Crippen molar-refractivity contribution in [2.75, 3.05) is 18.5 Å². The maximum Gasteiger partial charge on any atom is 0.225 e. The zero-order chi connectivity index (χ0) is 16.5. The zero-order valence-corrected chi connectivity index (χ0v) is 13.0. The molecule has 1 amide bonds. The largest absolute Gasteiger partial charge is 0.491 e. The molecule has 0 bridgehead atoms. The molecule has 0 aliphatic carbocycles. The average molecular weight is 317 g/mol. The molecule has 1 aromatic carbocycles. The molecule has 0 unspecified atom stereocenters. The number of pyridine rings is 1. The highest BCUT2D eigenvalue weighted by Crippen LogP contribution is 2.09. The summed E-state index contributed by atoms with van der Waals surface area (Å²) in [7, 11) is 0. The van der Waals surface area contributed by atoms with E-state index in [9.17, 15) is 9.18 Å². The molecule has 0 aliphatic rings. The van der Waals surface area contributed by atoms with Crippen LogP contribution in [0.1, 0.15) is 13.3 Å². The highest BCUT2D eigenvalue weighted by Gasteiger charge is 2.09. The maximum atomic E-state index is 12.8. The molecule has 1 heterocycles. The first-order chi connectivity index (χ1) is 11.1. The minimum atomic E-state index is -0.327. The number of benzene rings is 1. The standard InChI is InChI=1S/C17H20FN3O2/c1-13(20-9-10-23-16-3-2-8-19-12-16)11-17(22)21-15-6-4-14(18)5-7-15/h2-8,12-13,20H,9-11H2,1H3,(H,21,22)/t13-/m1/s1. The lowest BCUT2D eigenvalue weighted by Gasteiger charge is -2.14. The summed E-state index contributed by atoms with van der Waals surface area (Å²) in [5.74, 6) is 0.271. The van der Waals surface area contributed by atoms with Crippen molar-refractivity contribution < 1.29 is 13.9 Å². The number of nitrogens with zero attached hydrogens (tertiary/aromatic N) is 1. The smallest absolute Gasteiger partial charge is 0.225 e. The van der Waals surface area contributed by atoms with Gasteiger partial charge in [0.05, 0.1) is 6.20 Å². The molecular weight excluding hydrogens is 297 g/mol. The van der Waals surface area contributed by atoms with E-state index < -0.39 is 0 Å². The lowest BCUT2D eigenvalue weighted by Crippen LogP contribution is -2.33. The Bertz CT molecular complexity index is 605. The lowest BCUT2D eigenvalue weighted by atomic mass is 10.2. The van der Waals surface area contributed by atoms with Crippen molar-refractivity contribution in [1.82, 2.24) is 10.3 Å². The van der Waals surface area contributed by atoms with Crippen LogP contribution in [0.3, 0.4) is 0 Å². The Hall–Kier alpha value is -2.47. The molecule has 1 atom stereocenters. The van der Waals surface area contributed by atoms with Crippen LogP contribution in [0.2, 0.25) is 0 Å². The van der Waals surface area contributed by atoms with Crippen LogP contribution in [0.4, 0.5) is 10.1 Å². The minimum absolute atomic E-state index is 0.00736. The summed E-state index contributed by atoms with van der Waals surface area (Å²) in [6, 6.07) is 9.35. The fourth-order valence-electron chi connectivity index (χ4n) is 2.00. The third kappa shape index (κ3) is 6.44. The summed E-state index contributed by atoms with van der Waals surface area (Å²) in [4.78, 5) is 15.8. The molecule has 0 saturated heterocycles.